The smallest absolute Gasteiger partial charge is 0.497 e. The zero-order valence-corrected chi connectivity index (χ0v) is 17.5. The van der Waals surface area contributed by atoms with Crippen LogP contribution in [0, 0.1) is 6.92 Å². The van der Waals surface area contributed by atoms with Crippen LogP contribution in [0.3, 0.4) is 0 Å². The maximum atomic E-state index is 13.0. The van der Waals surface area contributed by atoms with Crippen LogP contribution in [0.15, 0.2) is 42.5 Å². The number of carbonyl (C=O) groups is 2. The molecular weight excluding hydrogens is 365 g/mol. The molecule has 0 saturated heterocycles. The number of benzene rings is 2. The Labute approximate surface area is 177 Å². The molecule has 7 heteroatoms. The van der Waals surface area contributed by atoms with E-state index in [1.54, 1.807) is 56.5 Å². The molecule has 128 valence electrons. The van der Waals surface area contributed by atoms with E-state index in [0.717, 1.165) is 0 Å². The van der Waals surface area contributed by atoms with E-state index in [4.69, 9.17) is 16.3 Å². The number of aromatic nitrogens is 1. The standard InChI is InChI=1S/C19H16ClNO4.Na/c1-11-15(10-18(22)23)16-9-14(25-2)7-8-17(16)21(11)19(24)12-3-5-13(20)6-4-12;/h3-9H,10H2,1-2H3,(H,22,23);/q;+1. The first-order valence-corrected chi connectivity index (χ1v) is 8.00. The van der Waals surface area contributed by atoms with Gasteiger partial charge in [-0.15, -0.1) is 0 Å². The summed E-state index contributed by atoms with van der Waals surface area (Å²) in [7, 11) is 1.54. The summed E-state index contributed by atoms with van der Waals surface area (Å²) < 4.78 is 6.77. The minimum Gasteiger partial charge on any atom is -0.497 e. The third-order valence-corrected chi connectivity index (χ3v) is 4.42. The third kappa shape index (κ3) is 3.81. The van der Waals surface area contributed by atoms with E-state index in [1.807, 2.05) is 0 Å². The van der Waals surface area contributed by atoms with Crippen LogP contribution >= 0.6 is 11.6 Å². The average molecular weight is 381 g/mol. The predicted molar refractivity (Wildman–Crippen MR) is 95.7 cm³/mol. The largest absolute Gasteiger partial charge is 1.00 e. The van der Waals surface area contributed by atoms with Crippen LogP contribution < -0.4 is 34.3 Å². The zero-order chi connectivity index (χ0) is 18.1. The monoisotopic (exact) mass is 380 g/mol. The molecule has 0 atom stereocenters. The number of carboxylic acid groups (broad SMARTS) is 1. The maximum absolute atomic E-state index is 13.0. The minimum atomic E-state index is -0.955. The van der Waals surface area contributed by atoms with Gasteiger partial charge in [-0.05, 0) is 55.0 Å². The van der Waals surface area contributed by atoms with Crippen molar-refractivity contribution in [1.82, 2.24) is 4.57 Å². The Morgan fingerprint density at radius 2 is 1.81 bits per heavy atom. The molecule has 26 heavy (non-hydrogen) atoms. The van der Waals surface area contributed by atoms with E-state index in [-0.39, 0.29) is 41.9 Å². The molecule has 0 unspecified atom stereocenters. The number of rotatable bonds is 4. The van der Waals surface area contributed by atoms with Crippen molar-refractivity contribution in [1.29, 1.82) is 0 Å². The molecule has 0 spiro atoms. The quantitative estimate of drug-likeness (QED) is 0.684. The van der Waals surface area contributed by atoms with Crippen molar-refractivity contribution in [2.24, 2.45) is 0 Å². The summed E-state index contributed by atoms with van der Waals surface area (Å²) in [6.45, 7) is 1.75. The Hall–Kier alpha value is -1.79. The van der Waals surface area contributed by atoms with Gasteiger partial charge >= 0.3 is 35.5 Å². The van der Waals surface area contributed by atoms with Crippen molar-refractivity contribution >= 4 is 34.4 Å². The topological polar surface area (TPSA) is 68.5 Å². The number of ether oxygens (including phenoxy) is 1. The molecule has 2 aromatic carbocycles. The molecule has 1 heterocycles. The molecule has 0 fully saturated rings. The van der Waals surface area contributed by atoms with Gasteiger partial charge in [-0.25, -0.2) is 0 Å². The summed E-state index contributed by atoms with van der Waals surface area (Å²) in [4.78, 5) is 24.3. The molecule has 1 aromatic heterocycles. The Bertz CT molecular complexity index is 979. The van der Waals surface area contributed by atoms with Crippen LogP contribution in [-0.2, 0) is 11.2 Å². The molecule has 0 bridgehead atoms. The number of methoxy groups -OCH3 is 1. The van der Waals surface area contributed by atoms with Crippen LogP contribution in [-0.4, -0.2) is 28.7 Å². The number of fused-ring (bicyclic) bond motifs is 1. The fraction of sp³-hybridized carbons (Fsp3) is 0.158. The van der Waals surface area contributed by atoms with Gasteiger partial charge in [-0.1, -0.05) is 11.6 Å². The predicted octanol–water partition coefficient (Wildman–Crippen LogP) is 0.931. The Kier molecular flexibility index (Phi) is 6.53. The first-order chi connectivity index (χ1) is 11.9. The van der Waals surface area contributed by atoms with E-state index in [1.165, 1.54) is 4.57 Å². The van der Waals surface area contributed by atoms with Gasteiger partial charge in [0.05, 0.1) is 19.0 Å². The number of aliphatic carboxylic acids is 1. The molecule has 5 nitrogen and oxygen atoms in total. The molecule has 0 aliphatic rings. The fourth-order valence-electron chi connectivity index (χ4n) is 2.95. The van der Waals surface area contributed by atoms with Gasteiger partial charge in [0.2, 0.25) is 0 Å². The van der Waals surface area contributed by atoms with Crippen molar-refractivity contribution in [3.8, 4) is 5.75 Å². The molecule has 1 N–H and O–H groups in total. The summed E-state index contributed by atoms with van der Waals surface area (Å²) in [5, 5.41) is 10.5. The molecule has 0 aliphatic heterocycles. The first-order valence-electron chi connectivity index (χ1n) is 7.62. The summed E-state index contributed by atoms with van der Waals surface area (Å²) in [6, 6.07) is 11.9. The van der Waals surface area contributed by atoms with E-state index in [2.05, 4.69) is 0 Å². The molecular formula is C19H16ClNNaO4+. The SMILES string of the molecule is COc1ccc2c(c1)c(CC(=O)O)c(C)n2C(=O)c1ccc(Cl)cc1.[Na+]. The van der Waals surface area contributed by atoms with Crippen molar-refractivity contribution in [2.75, 3.05) is 7.11 Å². The second kappa shape index (κ2) is 8.27. The van der Waals surface area contributed by atoms with Crippen molar-refractivity contribution in [3.63, 3.8) is 0 Å². The number of hydrogen-bond acceptors (Lipinski definition) is 3. The molecule has 0 aliphatic carbocycles. The van der Waals surface area contributed by atoms with Crippen LogP contribution in [0.5, 0.6) is 5.75 Å². The normalized spacial score (nSPS) is 10.4. The molecule has 3 aromatic rings. The summed E-state index contributed by atoms with van der Waals surface area (Å²) >= 11 is 5.89. The number of carbonyl (C=O) groups excluding carboxylic acids is 1. The van der Waals surface area contributed by atoms with Crippen LogP contribution in [0.2, 0.25) is 5.02 Å². The van der Waals surface area contributed by atoms with E-state index in [0.29, 0.717) is 38.5 Å². The van der Waals surface area contributed by atoms with Gasteiger partial charge in [0.25, 0.3) is 5.91 Å². The van der Waals surface area contributed by atoms with Crippen LogP contribution in [0.25, 0.3) is 10.9 Å². The van der Waals surface area contributed by atoms with Crippen molar-refractivity contribution in [3.05, 3.63) is 64.3 Å². The first kappa shape index (κ1) is 20.5. The van der Waals surface area contributed by atoms with Gasteiger partial charge in [0.1, 0.15) is 5.75 Å². The zero-order valence-electron chi connectivity index (χ0n) is 14.7. The van der Waals surface area contributed by atoms with Gasteiger partial charge in [-0.3, -0.25) is 14.2 Å². The van der Waals surface area contributed by atoms with Gasteiger partial charge in [-0.2, -0.15) is 0 Å². The fourth-order valence-corrected chi connectivity index (χ4v) is 3.07. The van der Waals surface area contributed by atoms with Crippen molar-refractivity contribution < 1.29 is 49.0 Å². The summed E-state index contributed by atoms with van der Waals surface area (Å²) in [6.07, 6.45) is -0.170. The number of hydrogen-bond donors (Lipinski definition) is 1. The third-order valence-electron chi connectivity index (χ3n) is 4.16. The minimum absolute atomic E-state index is 0. The molecule has 0 radical (unpaired) electrons. The van der Waals surface area contributed by atoms with Gasteiger partial charge in [0, 0.05) is 21.7 Å². The Morgan fingerprint density at radius 1 is 1.15 bits per heavy atom. The number of nitrogens with zero attached hydrogens (tertiary/aromatic N) is 1. The van der Waals surface area contributed by atoms with Crippen LogP contribution in [0.1, 0.15) is 21.6 Å². The molecule has 3 rings (SSSR count). The Morgan fingerprint density at radius 3 is 2.38 bits per heavy atom. The number of carboxylic acids is 1. The summed E-state index contributed by atoms with van der Waals surface area (Å²) in [5.41, 5.74) is 2.32. The van der Waals surface area contributed by atoms with Crippen molar-refractivity contribution in [2.45, 2.75) is 13.3 Å². The molecule has 0 saturated carbocycles. The second-order valence-electron chi connectivity index (χ2n) is 5.67. The molecule has 0 amide bonds. The second-order valence-corrected chi connectivity index (χ2v) is 6.10. The maximum Gasteiger partial charge on any atom is 1.00 e. The Balaban J connectivity index is 0.00000243. The number of halogens is 1. The van der Waals surface area contributed by atoms with Crippen LogP contribution in [0.4, 0.5) is 0 Å². The summed E-state index contributed by atoms with van der Waals surface area (Å²) in [5.74, 6) is -0.583. The van der Waals surface area contributed by atoms with E-state index >= 15 is 0 Å². The van der Waals surface area contributed by atoms with E-state index < -0.39 is 5.97 Å². The average Bonchev–Trinajstić information content (AvgIpc) is 2.86. The van der Waals surface area contributed by atoms with Gasteiger partial charge in [0.15, 0.2) is 0 Å². The van der Waals surface area contributed by atoms with Gasteiger partial charge < -0.3 is 9.84 Å². The van der Waals surface area contributed by atoms with E-state index in [9.17, 15) is 14.7 Å².